The van der Waals surface area contributed by atoms with Gasteiger partial charge in [-0.3, -0.25) is 0 Å². The summed E-state index contributed by atoms with van der Waals surface area (Å²) < 4.78 is 0. The molecule has 0 radical (unpaired) electrons. The predicted molar refractivity (Wildman–Crippen MR) is 75.4 cm³/mol. The van der Waals surface area contributed by atoms with Crippen molar-refractivity contribution in [2.75, 3.05) is 5.32 Å². The van der Waals surface area contributed by atoms with E-state index < -0.39 is 0 Å². The molecule has 0 aliphatic heterocycles. The van der Waals surface area contributed by atoms with E-state index in [-0.39, 0.29) is 0 Å². The highest BCUT2D eigenvalue weighted by atomic mass is 35.5. The third-order valence-electron chi connectivity index (χ3n) is 2.43. The van der Waals surface area contributed by atoms with Gasteiger partial charge in [0.2, 0.25) is 0 Å². The lowest BCUT2D eigenvalue weighted by Gasteiger charge is -2.06. The highest BCUT2D eigenvalue weighted by Gasteiger charge is 2.05. The molecule has 0 unspecified atom stereocenters. The Kier molecular flexibility index (Phi) is 3.92. The normalized spacial score (nSPS) is 10.6. The second-order valence-electron chi connectivity index (χ2n) is 3.73. The maximum Gasteiger partial charge on any atom is 0.112 e. The molecule has 17 heavy (non-hydrogen) atoms. The molecule has 1 heterocycles. The summed E-state index contributed by atoms with van der Waals surface area (Å²) >= 11 is 13.6. The van der Waals surface area contributed by atoms with Crippen LogP contribution in [0.3, 0.4) is 0 Å². The van der Waals surface area contributed by atoms with Crippen LogP contribution in [0, 0.1) is 13.8 Å². The molecular formula is C12H12Cl2N2S. The number of aromatic nitrogens is 1. The van der Waals surface area contributed by atoms with Crippen molar-refractivity contribution in [2.24, 2.45) is 0 Å². The van der Waals surface area contributed by atoms with Crippen LogP contribution < -0.4 is 5.32 Å². The maximum atomic E-state index is 6.07. The Hall–Kier alpha value is -0.770. The van der Waals surface area contributed by atoms with Gasteiger partial charge in [-0.2, -0.15) is 0 Å². The Morgan fingerprint density at radius 3 is 2.65 bits per heavy atom. The summed E-state index contributed by atoms with van der Waals surface area (Å²) in [6.07, 6.45) is 0. The van der Waals surface area contributed by atoms with Gasteiger partial charge in [0.15, 0.2) is 0 Å². The molecule has 0 amide bonds. The molecule has 0 aliphatic rings. The average Bonchev–Trinajstić information content (AvgIpc) is 2.57. The predicted octanol–water partition coefficient (Wildman–Crippen LogP) is 4.68. The number of halogens is 2. The van der Waals surface area contributed by atoms with Gasteiger partial charge in [0.05, 0.1) is 22.9 Å². The number of benzene rings is 1. The number of rotatable bonds is 3. The molecule has 2 rings (SSSR count). The van der Waals surface area contributed by atoms with Crippen molar-refractivity contribution >= 4 is 40.2 Å². The highest BCUT2D eigenvalue weighted by Crippen LogP contribution is 2.26. The molecule has 0 atom stereocenters. The van der Waals surface area contributed by atoms with Crippen molar-refractivity contribution in [3.63, 3.8) is 0 Å². The van der Waals surface area contributed by atoms with Crippen molar-refractivity contribution in [1.82, 2.24) is 4.98 Å². The first-order valence-corrected chi connectivity index (χ1v) is 6.75. The lowest BCUT2D eigenvalue weighted by molar-refractivity contribution is 1.07. The van der Waals surface area contributed by atoms with Gasteiger partial charge in [-0.15, -0.1) is 11.3 Å². The second-order valence-corrected chi connectivity index (χ2v) is 5.86. The molecule has 1 aromatic carbocycles. The lowest BCUT2D eigenvalue weighted by Crippen LogP contribution is -1.99. The molecule has 1 aromatic heterocycles. The van der Waals surface area contributed by atoms with Crippen LogP contribution in [-0.4, -0.2) is 4.98 Å². The molecule has 0 saturated carbocycles. The summed E-state index contributed by atoms with van der Waals surface area (Å²) in [4.78, 5) is 5.71. The van der Waals surface area contributed by atoms with Gasteiger partial charge >= 0.3 is 0 Å². The fourth-order valence-electron chi connectivity index (χ4n) is 1.42. The van der Waals surface area contributed by atoms with Crippen LogP contribution in [0.4, 0.5) is 5.69 Å². The smallest absolute Gasteiger partial charge is 0.112 e. The van der Waals surface area contributed by atoms with Crippen LogP contribution in [0.25, 0.3) is 0 Å². The number of nitrogens with one attached hydrogen (secondary N) is 1. The quantitative estimate of drug-likeness (QED) is 0.886. The van der Waals surface area contributed by atoms with E-state index in [1.165, 1.54) is 4.88 Å². The van der Waals surface area contributed by atoms with E-state index in [0.29, 0.717) is 16.6 Å². The summed E-state index contributed by atoms with van der Waals surface area (Å²) in [5.74, 6) is 0. The van der Waals surface area contributed by atoms with Crippen LogP contribution in [0.2, 0.25) is 10.0 Å². The number of anilines is 1. The van der Waals surface area contributed by atoms with Crippen LogP contribution in [0.15, 0.2) is 18.2 Å². The summed E-state index contributed by atoms with van der Waals surface area (Å²) in [6, 6.07) is 5.41. The topological polar surface area (TPSA) is 24.9 Å². The van der Waals surface area contributed by atoms with E-state index in [0.717, 1.165) is 16.4 Å². The monoisotopic (exact) mass is 286 g/mol. The van der Waals surface area contributed by atoms with Gasteiger partial charge in [-0.05, 0) is 32.0 Å². The standard InChI is InChI=1S/C12H12Cl2N2S/c1-7-8(2)17-12(16-7)6-15-11-4-3-9(13)5-10(11)14/h3-5,15H,6H2,1-2H3. The first kappa shape index (κ1) is 12.7. The largest absolute Gasteiger partial charge is 0.377 e. The molecule has 0 fully saturated rings. The van der Waals surface area contributed by atoms with Gasteiger partial charge in [-0.1, -0.05) is 23.2 Å². The Morgan fingerprint density at radius 1 is 1.29 bits per heavy atom. The van der Waals surface area contributed by atoms with Gasteiger partial charge in [0.1, 0.15) is 5.01 Å². The maximum absolute atomic E-state index is 6.07. The minimum absolute atomic E-state index is 0.627. The lowest BCUT2D eigenvalue weighted by atomic mass is 10.3. The minimum atomic E-state index is 0.627. The van der Waals surface area contributed by atoms with E-state index >= 15 is 0 Å². The Labute approximate surface area is 115 Å². The van der Waals surface area contributed by atoms with Gasteiger partial charge in [0.25, 0.3) is 0 Å². The Bertz CT molecular complexity index is 518. The summed E-state index contributed by atoms with van der Waals surface area (Å²) in [5, 5.41) is 5.58. The van der Waals surface area contributed by atoms with E-state index in [1.807, 2.05) is 19.1 Å². The first-order valence-electron chi connectivity index (χ1n) is 5.18. The number of hydrogen-bond donors (Lipinski definition) is 1. The molecule has 0 aliphatic carbocycles. The number of hydrogen-bond acceptors (Lipinski definition) is 3. The van der Waals surface area contributed by atoms with Crippen molar-refractivity contribution in [3.05, 3.63) is 43.8 Å². The van der Waals surface area contributed by atoms with Gasteiger partial charge in [-0.25, -0.2) is 4.98 Å². The third-order valence-corrected chi connectivity index (χ3v) is 4.05. The fourth-order valence-corrected chi connectivity index (χ4v) is 2.77. The number of nitrogens with zero attached hydrogens (tertiary/aromatic N) is 1. The molecule has 0 bridgehead atoms. The molecule has 2 nitrogen and oxygen atoms in total. The molecule has 2 aromatic rings. The van der Waals surface area contributed by atoms with Crippen LogP contribution in [0.5, 0.6) is 0 Å². The zero-order chi connectivity index (χ0) is 12.4. The Morgan fingerprint density at radius 2 is 2.06 bits per heavy atom. The molecule has 0 spiro atoms. The SMILES string of the molecule is Cc1nc(CNc2ccc(Cl)cc2Cl)sc1C. The molecule has 90 valence electrons. The van der Waals surface area contributed by atoms with Crippen molar-refractivity contribution in [1.29, 1.82) is 0 Å². The number of thiazole rings is 1. The van der Waals surface area contributed by atoms with E-state index in [1.54, 1.807) is 17.4 Å². The summed E-state index contributed by atoms with van der Waals surface area (Å²) in [5.41, 5.74) is 1.97. The summed E-state index contributed by atoms with van der Waals surface area (Å²) in [6.45, 7) is 4.77. The fraction of sp³-hybridized carbons (Fsp3) is 0.250. The van der Waals surface area contributed by atoms with Crippen LogP contribution in [-0.2, 0) is 6.54 Å². The first-order chi connectivity index (χ1) is 8.06. The molecular weight excluding hydrogens is 275 g/mol. The van der Waals surface area contributed by atoms with E-state index in [2.05, 4.69) is 17.2 Å². The second kappa shape index (κ2) is 5.25. The Balaban J connectivity index is 2.07. The van der Waals surface area contributed by atoms with Crippen molar-refractivity contribution < 1.29 is 0 Å². The van der Waals surface area contributed by atoms with Gasteiger partial charge < -0.3 is 5.32 Å². The molecule has 1 N–H and O–H groups in total. The highest BCUT2D eigenvalue weighted by molar-refractivity contribution is 7.11. The van der Waals surface area contributed by atoms with Crippen molar-refractivity contribution in [2.45, 2.75) is 20.4 Å². The average molecular weight is 287 g/mol. The zero-order valence-electron chi connectivity index (χ0n) is 9.55. The zero-order valence-corrected chi connectivity index (χ0v) is 11.9. The number of aryl methyl sites for hydroxylation is 2. The molecule has 0 saturated heterocycles. The van der Waals surface area contributed by atoms with E-state index in [4.69, 9.17) is 23.2 Å². The third kappa shape index (κ3) is 3.12. The van der Waals surface area contributed by atoms with Crippen LogP contribution >= 0.6 is 34.5 Å². The minimum Gasteiger partial charge on any atom is -0.377 e. The molecule has 5 heteroatoms. The van der Waals surface area contributed by atoms with Crippen molar-refractivity contribution in [3.8, 4) is 0 Å². The summed E-state index contributed by atoms with van der Waals surface area (Å²) in [7, 11) is 0. The van der Waals surface area contributed by atoms with Crippen LogP contribution in [0.1, 0.15) is 15.6 Å². The van der Waals surface area contributed by atoms with E-state index in [9.17, 15) is 0 Å². The van der Waals surface area contributed by atoms with Gasteiger partial charge in [0, 0.05) is 9.90 Å².